The number of rotatable bonds is 5. The lowest BCUT2D eigenvalue weighted by Gasteiger charge is -2.08. The molecule has 0 atom stereocenters. The summed E-state index contributed by atoms with van der Waals surface area (Å²) in [4.78, 5) is 28.7. The van der Waals surface area contributed by atoms with Crippen LogP contribution >= 0.6 is 0 Å². The predicted octanol–water partition coefficient (Wildman–Crippen LogP) is -0.436. The van der Waals surface area contributed by atoms with Crippen LogP contribution < -0.4 is 16.6 Å². The van der Waals surface area contributed by atoms with Gasteiger partial charge in [0.1, 0.15) is 12.2 Å². The van der Waals surface area contributed by atoms with Gasteiger partial charge < -0.3 is 10.1 Å². The van der Waals surface area contributed by atoms with Crippen LogP contribution in [0, 0.1) is 17.0 Å². The van der Waals surface area contributed by atoms with E-state index in [1.165, 1.54) is 14.0 Å². The smallest absolute Gasteiger partial charge is 0.332 e. The van der Waals surface area contributed by atoms with Crippen LogP contribution in [0.25, 0.3) is 0 Å². The minimum atomic E-state index is -0.644. The van der Waals surface area contributed by atoms with Crippen molar-refractivity contribution in [2.24, 2.45) is 5.84 Å². The maximum absolute atomic E-state index is 11.0. The quantitative estimate of drug-likeness (QED) is 0.276. The highest BCUT2D eigenvalue weighted by Crippen LogP contribution is 2.25. The largest absolute Gasteiger partial charge is 0.468 e. The van der Waals surface area contributed by atoms with Crippen molar-refractivity contribution < 1.29 is 14.5 Å². The van der Waals surface area contributed by atoms with E-state index in [9.17, 15) is 14.9 Å². The molecule has 0 aliphatic heterocycles. The Labute approximate surface area is 102 Å². The maximum atomic E-state index is 11.0. The zero-order chi connectivity index (χ0) is 13.7. The van der Waals surface area contributed by atoms with Crippen LogP contribution in [0.1, 0.15) is 5.69 Å². The first-order chi connectivity index (χ1) is 8.49. The van der Waals surface area contributed by atoms with E-state index in [2.05, 4.69) is 25.4 Å². The number of nitrogens with zero attached hydrogens (tertiary/aromatic N) is 3. The number of aryl methyl sites for hydroxylation is 1. The standard InChI is InChI=1S/C8H12N6O4/c1-4-6(14(16)17)7(10-3-5(15)18-2)12-8(11-4)13-9/h3,9H2,1-2H3,(H2,10,11,12,13). The molecule has 0 aliphatic rings. The molecule has 4 N–H and O–H groups in total. The van der Waals surface area contributed by atoms with Gasteiger partial charge in [0, 0.05) is 0 Å². The fourth-order valence-corrected chi connectivity index (χ4v) is 1.20. The highest BCUT2D eigenvalue weighted by Gasteiger charge is 2.22. The summed E-state index contributed by atoms with van der Waals surface area (Å²) < 4.78 is 4.40. The van der Waals surface area contributed by atoms with Gasteiger partial charge in [-0.3, -0.25) is 20.3 Å². The van der Waals surface area contributed by atoms with Crippen LogP contribution in [0.5, 0.6) is 0 Å². The van der Waals surface area contributed by atoms with E-state index in [1.807, 2.05) is 0 Å². The number of methoxy groups -OCH3 is 1. The number of aromatic nitrogens is 2. The van der Waals surface area contributed by atoms with E-state index < -0.39 is 10.9 Å². The average molecular weight is 256 g/mol. The van der Waals surface area contributed by atoms with Crippen LogP contribution in [0.15, 0.2) is 0 Å². The third kappa shape index (κ3) is 3.01. The van der Waals surface area contributed by atoms with E-state index in [-0.39, 0.29) is 29.7 Å². The van der Waals surface area contributed by atoms with Crippen molar-refractivity contribution in [3.8, 4) is 0 Å². The molecule has 0 amide bonds. The van der Waals surface area contributed by atoms with Gasteiger partial charge in [-0.25, -0.2) is 10.8 Å². The van der Waals surface area contributed by atoms with Crippen molar-refractivity contribution >= 4 is 23.4 Å². The lowest BCUT2D eigenvalue weighted by molar-refractivity contribution is -0.385. The Balaban J connectivity index is 3.09. The third-order valence-electron chi connectivity index (χ3n) is 2.00. The zero-order valence-corrected chi connectivity index (χ0v) is 9.76. The number of hydrogen-bond acceptors (Lipinski definition) is 9. The first-order valence-corrected chi connectivity index (χ1v) is 4.80. The number of carbonyl (C=O) groups is 1. The molecule has 1 rings (SSSR count). The molecule has 0 saturated heterocycles. The van der Waals surface area contributed by atoms with Gasteiger partial charge in [0.2, 0.25) is 11.8 Å². The van der Waals surface area contributed by atoms with Crippen molar-refractivity contribution in [3.05, 3.63) is 15.8 Å². The van der Waals surface area contributed by atoms with Gasteiger partial charge in [-0.15, -0.1) is 0 Å². The maximum Gasteiger partial charge on any atom is 0.332 e. The van der Waals surface area contributed by atoms with Gasteiger partial charge in [0.25, 0.3) is 0 Å². The summed E-state index contributed by atoms with van der Waals surface area (Å²) in [5.41, 5.74) is 1.97. The van der Waals surface area contributed by atoms with Crippen molar-refractivity contribution in [1.82, 2.24) is 9.97 Å². The molecular formula is C8H12N6O4. The molecule has 1 aromatic rings. The molecule has 0 unspecified atom stereocenters. The molecule has 0 aliphatic carbocycles. The molecule has 1 aromatic heterocycles. The Bertz CT molecular complexity index is 477. The summed E-state index contributed by atoms with van der Waals surface area (Å²) in [5.74, 6) is 4.45. The van der Waals surface area contributed by atoms with E-state index in [0.717, 1.165) is 0 Å². The highest BCUT2D eigenvalue weighted by molar-refractivity contribution is 5.76. The Hall–Kier alpha value is -2.49. The second-order valence-corrected chi connectivity index (χ2v) is 3.16. The summed E-state index contributed by atoms with van der Waals surface area (Å²) >= 11 is 0. The first kappa shape index (κ1) is 13.6. The molecular weight excluding hydrogens is 244 g/mol. The first-order valence-electron chi connectivity index (χ1n) is 4.80. The Kier molecular flexibility index (Phi) is 4.32. The van der Waals surface area contributed by atoms with Crippen molar-refractivity contribution in [2.75, 3.05) is 24.4 Å². The second kappa shape index (κ2) is 5.72. The number of anilines is 2. The summed E-state index contributed by atoms with van der Waals surface area (Å²) in [6, 6.07) is 0. The summed E-state index contributed by atoms with van der Waals surface area (Å²) in [6.45, 7) is 1.18. The van der Waals surface area contributed by atoms with Gasteiger partial charge in [-0.05, 0) is 6.92 Å². The van der Waals surface area contributed by atoms with Crippen molar-refractivity contribution in [1.29, 1.82) is 0 Å². The molecule has 10 heteroatoms. The fourth-order valence-electron chi connectivity index (χ4n) is 1.20. The number of nitrogens with two attached hydrogens (primary N) is 1. The average Bonchev–Trinajstić information content (AvgIpc) is 2.34. The molecule has 0 radical (unpaired) electrons. The van der Waals surface area contributed by atoms with Crippen LogP contribution in [-0.4, -0.2) is 34.5 Å². The molecule has 0 bridgehead atoms. The molecule has 1 heterocycles. The number of hydrogen-bond donors (Lipinski definition) is 3. The predicted molar refractivity (Wildman–Crippen MR) is 61.7 cm³/mol. The number of hydrazine groups is 1. The molecule has 0 spiro atoms. The zero-order valence-electron chi connectivity index (χ0n) is 9.76. The lowest BCUT2D eigenvalue weighted by atomic mass is 10.3. The molecule has 0 saturated carbocycles. The lowest BCUT2D eigenvalue weighted by Crippen LogP contribution is -2.19. The second-order valence-electron chi connectivity index (χ2n) is 3.16. The summed E-state index contributed by atoms with van der Waals surface area (Å²) in [5, 5.41) is 13.4. The molecule has 0 fully saturated rings. The monoisotopic (exact) mass is 256 g/mol. The summed E-state index contributed by atoms with van der Waals surface area (Å²) in [7, 11) is 1.20. The van der Waals surface area contributed by atoms with Gasteiger partial charge in [-0.1, -0.05) is 0 Å². The number of nitrogens with one attached hydrogen (secondary N) is 2. The van der Waals surface area contributed by atoms with Gasteiger partial charge in [0.05, 0.1) is 12.0 Å². The van der Waals surface area contributed by atoms with Crippen LogP contribution in [0.3, 0.4) is 0 Å². The molecule has 10 nitrogen and oxygen atoms in total. The molecule has 98 valence electrons. The molecule has 0 aromatic carbocycles. The van der Waals surface area contributed by atoms with Crippen LogP contribution in [-0.2, 0) is 9.53 Å². The number of esters is 1. The highest BCUT2D eigenvalue weighted by atomic mass is 16.6. The number of nitro groups is 1. The number of ether oxygens (including phenoxy) is 1. The SMILES string of the molecule is COC(=O)CNc1nc(NN)nc(C)c1[N+](=O)[O-]. The minimum Gasteiger partial charge on any atom is -0.468 e. The van der Waals surface area contributed by atoms with Crippen LogP contribution in [0.4, 0.5) is 17.5 Å². The normalized spacial score (nSPS) is 9.72. The van der Waals surface area contributed by atoms with E-state index in [4.69, 9.17) is 5.84 Å². The third-order valence-corrected chi connectivity index (χ3v) is 2.00. The topological polar surface area (TPSA) is 145 Å². The van der Waals surface area contributed by atoms with E-state index in [0.29, 0.717) is 0 Å². The van der Waals surface area contributed by atoms with Gasteiger partial charge >= 0.3 is 11.7 Å². The van der Waals surface area contributed by atoms with Crippen molar-refractivity contribution in [3.63, 3.8) is 0 Å². The van der Waals surface area contributed by atoms with Gasteiger partial charge in [-0.2, -0.15) is 4.98 Å². The van der Waals surface area contributed by atoms with E-state index >= 15 is 0 Å². The summed E-state index contributed by atoms with van der Waals surface area (Å²) in [6.07, 6.45) is 0. The Morgan fingerprint density at radius 1 is 1.56 bits per heavy atom. The van der Waals surface area contributed by atoms with Crippen LogP contribution in [0.2, 0.25) is 0 Å². The number of nitrogen functional groups attached to an aromatic ring is 1. The van der Waals surface area contributed by atoms with Crippen molar-refractivity contribution in [2.45, 2.75) is 6.92 Å². The van der Waals surface area contributed by atoms with Gasteiger partial charge in [0.15, 0.2) is 0 Å². The number of carbonyl (C=O) groups excluding carboxylic acids is 1. The molecule has 18 heavy (non-hydrogen) atoms. The Morgan fingerprint density at radius 2 is 2.22 bits per heavy atom. The fraction of sp³-hybridized carbons (Fsp3) is 0.375. The van der Waals surface area contributed by atoms with E-state index in [1.54, 1.807) is 0 Å². The minimum absolute atomic E-state index is 0.00506. The Morgan fingerprint density at radius 3 is 2.72 bits per heavy atom.